The first-order valence-corrected chi connectivity index (χ1v) is 6.71. The molecular formula is C14H21ClF2N2O2. The molecule has 1 heterocycles. The highest BCUT2D eigenvalue weighted by Crippen LogP contribution is 2.35. The van der Waals surface area contributed by atoms with E-state index in [1.165, 1.54) is 13.2 Å². The summed E-state index contributed by atoms with van der Waals surface area (Å²) in [4.78, 5) is 1.99. The summed E-state index contributed by atoms with van der Waals surface area (Å²) in [5.41, 5.74) is 0.535. The van der Waals surface area contributed by atoms with E-state index in [4.69, 9.17) is 4.74 Å². The monoisotopic (exact) mass is 322 g/mol. The molecule has 21 heavy (non-hydrogen) atoms. The Labute approximate surface area is 129 Å². The summed E-state index contributed by atoms with van der Waals surface area (Å²) < 4.78 is 30.7. The van der Waals surface area contributed by atoms with E-state index in [-0.39, 0.29) is 24.6 Å². The average molecular weight is 323 g/mol. The topological polar surface area (TPSA) is 44.7 Å². The standard InChI is InChI=1S/C14H20F2N2O2.ClH/c1-20-10-2-3-11(13(19)8-10)12(9-14(15)16)18-6-4-17-5-7-18;/h2-3,8,12,14,17,19H,4-7,9H2,1H3;1H/t12-;/m0./s1. The molecule has 1 aliphatic heterocycles. The van der Waals surface area contributed by atoms with Crippen LogP contribution in [-0.4, -0.2) is 49.7 Å². The largest absolute Gasteiger partial charge is 0.507 e. The fourth-order valence-electron chi connectivity index (χ4n) is 2.57. The number of hydrogen-bond acceptors (Lipinski definition) is 4. The summed E-state index contributed by atoms with van der Waals surface area (Å²) in [6.45, 7) is 2.94. The molecule has 0 bridgehead atoms. The molecule has 1 aromatic rings. The molecule has 1 saturated heterocycles. The Kier molecular flexibility index (Phi) is 7.14. The maximum absolute atomic E-state index is 12.9. The van der Waals surface area contributed by atoms with Crippen molar-refractivity contribution in [1.82, 2.24) is 10.2 Å². The summed E-state index contributed by atoms with van der Waals surface area (Å²) in [5, 5.41) is 13.3. The van der Waals surface area contributed by atoms with E-state index in [9.17, 15) is 13.9 Å². The molecule has 1 fully saturated rings. The van der Waals surface area contributed by atoms with Crippen molar-refractivity contribution < 1.29 is 18.6 Å². The third-order valence-electron chi connectivity index (χ3n) is 3.59. The zero-order valence-electron chi connectivity index (χ0n) is 11.9. The van der Waals surface area contributed by atoms with Crippen LogP contribution in [-0.2, 0) is 0 Å². The number of phenolic OH excluding ortho intramolecular Hbond substituents is 1. The van der Waals surface area contributed by atoms with Gasteiger partial charge >= 0.3 is 0 Å². The molecule has 120 valence electrons. The SMILES string of the molecule is COc1ccc([C@H](CC(F)F)N2CCNCC2)c(O)c1.Cl. The van der Waals surface area contributed by atoms with Crippen LogP contribution in [0, 0.1) is 0 Å². The first-order chi connectivity index (χ1) is 9.61. The normalized spacial score (nSPS) is 17.3. The van der Waals surface area contributed by atoms with Crippen molar-refractivity contribution in [2.45, 2.75) is 18.9 Å². The van der Waals surface area contributed by atoms with Crippen LogP contribution in [0.1, 0.15) is 18.0 Å². The van der Waals surface area contributed by atoms with Crippen LogP contribution in [0.15, 0.2) is 18.2 Å². The van der Waals surface area contributed by atoms with Gasteiger partial charge in [0, 0.05) is 50.3 Å². The van der Waals surface area contributed by atoms with Gasteiger partial charge in [-0.2, -0.15) is 0 Å². The van der Waals surface area contributed by atoms with Gasteiger partial charge in [0.15, 0.2) is 0 Å². The zero-order chi connectivity index (χ0) is 14.5. The van der Waals surface area contributed by atoms with Crippen LogP contribution in [0.3, 0.4) is 0 Å². The Hall–Kier alpha value is -1.11. The Balaban J connectivity index is 0.00000220. The van der Waals surface area contributed by atoms with Gasteiger partial charge in [0.25, 0.3) is 0 Å². The van der Waals surface area contributed by atoms with Gasteiger partial charge in [-0.05, 0) is 6.07 Å². The maximum atomic E-state index is 12.9. The lowest BCUT2D eigenvalue weighted by molar-refractivity contribution is 0.0729. The van der Waals surface area contributed by atoms with Gasteiger partial charge in [0.1, 0.15) is 11.5 Å². The van der Waals surface area contributed by atoms with E-state index in [0.717, 1.165) is 13.1 Å². The fraction of sp³-hybridized carbons (Fsp3) is 0.571. The highest BCUT2D eigenvalue weighted by molar-refractivity contribution is 5.85. The number of nitrogens with one attached hydrogen (secondary N) is 1. The molecule has 0 saturated carbocycles. The molecule has 0 radical (unpaired) electrons. The third-order valence-corrected chi connectivity index (χ3v) is 3.59. The Morgan fingerprint density at radius 3 is 2.52 bits per heavy atom. The quantitative estimate of drug-likeness (QED) is 0.874. The van der Waals surface area contributed by atoms with Gasteiger partial charge in [0.05, 0.1) is 7.11 Å². The van der Waals surface area contributed by atoms with Crippen molar-refractivity contribution >= 4 is 12.4 Å². The highest BCUT2D eigenvalue weighted by atomic mass is 35.5. The van der Waals surface area contributed by atoms with Crippen molar-refractivity contribution in [2.75, 3.05) is 33.3 Å². The summed E-state index contributed by atoms with van der Waals surface area (Å²) in [6.07, 6.45) is -2.68. The van der Waals surface area contributed by atoms with E-state index in [0.29, 0.717) is 24.4 Å². The van der Waals surface area contributed by atoms with Gasteiger partial charge in [0.2, 0.25) is 6.43 Å². The molecule has 0 spiro atoms. The van der Waals surface area contributed by atoms with Gasteiger partial charge in [-0.3, -0.25) is 4.90 Å². The van der Waals surface area contributed by atoms with Crippen LogP contribution >= 0.6 is 12.4 Å². The first kappa shape index (κ1) is 17.9. The van der Waals surface area contributed by atoms with Crippen LogP contribution < -0.4 is 10.1 Å². The first-order valence-electron chi connectivity index (χ1n) is 6.71. The predicted molar refractivity (Wildman–Crippen MR) is 79.7 cm³/mol. The second-order valence-electron chi connectivity index (χ2n) is 4.85. The fourth-order valence-corrected chi connectivity index (χ4v) is 2.57. The van der Waals surface area contributed by atoms with Crippen molar-refractivity contribution in [3.63, 3.8) is 0 Å². The molecule has 0 amide bonds. The molecule has 2 N–H and O–H groups in total. The third kappa shape index (κ3) is 4.69. The van der Waals surface area contributed by atoms with Gasteiger partial charge in [-0.15, -0.1) is 12.4 Å². The summed E-state index contributed by atoms with van der Waals surface area (Å²) >= 11 is 0. The lowest BCUT2D eigenvalue weighted by Gasteiger charge is -2.35. The molecule has 1 aromatic carbocycles. The van der Waals surface area contributed by atoms with Crippen LogP contribution in [0.5, 0.6) is 11.5 Å². The van der Waals surface area contributed by atoms with Crippen molar-refractivity contribution in [2.24, 2.45) is 0 Å². The minimum Gasteiger partial charge on any atom is -0.507 e. The van der Waals surface area contributed by atoms with E-state index in [1.807, 2.05) is 4.90 Å². The Bertz CT molecular complexity index is 443. The predicted octanol–water partition coefficient (Wildman–Crippen LogP) is 2.42. The number of methoxy groups -OCH3 is 1. The van der Waals surface area contributed by atoms with Crippen LogP contribution in [0.2, 0.25) is 0 Å². The zero-order valence-corrected chi connectivity index (χ0v) is 12.7. The number of nitrogens with zero attached hydrogens (tertiary/aromatic N) is 1. The minimum absolute atomic E-state index is 0. The molecule has 0 unspecified atom stereocenters. The number of ether oxygens (including phenoxy) is 1. The number of hydrogen-bond donors (Lipinski definition) is 2. The maximum Gasteiger partial charge on any atom is 0.240 e. The summed E-state index contributed by atoms with van der Waals surface area (Å²) in [7, 11) is 1.50. The summed E-state index contributed by atoms with van der Waals surface area (Å²) in [5.74, 6) is 0.524. The number of benzene rings is 1. The Morgan fingerprint density at radius 1 is 1.33 bits per heavy atom. The number of rotatable bonds is 5. The van der Waals surface area contributed by atoms with Crippen molar-refractivity contribution in [3.05, 3.63) is 23.8 Å². The second kappa shape index (κ2) is 8.36. The van der Waals surface area contributed by atoms with Gasteiger partial charge in [-0.1, -0.05) is 6.07 Å². The van der Waals surface area contributed by atoms with Crippen molar-refractivity contribution in [1.29, 1.82) is 0 Å². The lowest BCUT2D eigenvalue weighted by Crippen LogP contribution is -2.45. The molecule has 1 atom stereocenters. The van der Waals surface area contributed by atoms with E-state index in [2.05, 4.69) is 5.32 Å². The molecule has 1 aliphatic rings. The van der Waals surface area contributed by atoms with E-state index >= 15 is 0 Å². The number of phenols is 1. The number of piperazine rings is 1. The molecule has 7 heteroatoms. The smallest absolute Gasteiger partial charge is 0.240 e. The number of halogens is 3. The van der Waals surface area contributed by atoms with Crippen LogP contribution in [0.4, 0.5) is 8.78 Å². The number of alkyl halides is 2. The molecule has 2 rings (SSSR count). The number of aromatic hydroxyl groups is 1. The van der Waals surface area contributed by atoms with E-state index in [1.54, 1.807) is 12.1 Å². The van der Waals surface area contributed by atoms with Crippen molar-refractivity contribution in [3.8, 4) is 11.5 Å². The average Bonchev–Trinajstić information content (AvgIpc) is 2.45. The second-order valence-corrected chi connectivity index (χ2v) is 4.85. The molecule has 0 aromatic heterocycles. The highest BCUT2D eigenvalue weighted by Gasteiger charge is 2.27. The Morgan fingerprint density at radius 2 is 2.00 bits per heavy atom. The van der Waals surface area contributed by atoms with Crippen LogP contribution in [0.25, 0.3) is 0 Å². The van der Waals surface area contributed by atoms with Gasteiger partial charge in [-0.25, -0.2) is 8.78 Å². The molecule has 0 aliphatic carbocycles. The van der Waals surface area contributed by atoms with E-state index < -0.39 is 12.5 Å². The summed E-state index contributed by atoms with van der Waals surface area (Å²) in [6, 6.07) is 4.36. The van der Waals surface area contributed by atoms with Gasteiger partial charge < -0.3 is 15.2 Å². The molecule has 4 nitrogen and oxygen atoms in total. The lowest BCUT2D eigenvalue weighted by atomic mass is 10.00. The minimum atomic E-state index is -2.41. The molecular weight excluding hydrogens is 302 g/mol.